The van der Waals surface area contributed by atoms with Gasteiger partial charge in [-0.25, -0.2) is 4.39 Å². The van der Waals surface area contributed by atoms with Crippen molar-refractivity contribution in [2.75, 3.05) is 11.1 Å². The number of nitrogens with zero attached hydrogens (tertiary/aromatic N) is 3. The maximum Gasteiger partial charge on any atom is 0.234 e. The molecule has 0 fully saturated rings. The van der Waals surface area contributed by atoms with Crippen LogP contribution in [0.4, 0.5) is 10.1 Å². The molecule has 0 unspecified atom stereocenters. The predicted molar refractivity (Wildman–Crippen MR) is 106 cm³/mol. The maximum absolute atomic E-state index is 14.0. The van der Waals surface area contributed by atoms with Crippen LogP contribution in [0.1, 0.15) is 26.3 Å². The highest BCUT2D eigenvalue weighted by Gasteiger charge is 2.14. The van der Waals surface area contributed by atoms with Gasteiger partial charge in [-0.1, -0.05) is 56.8 Å². The molecule has 140 valence electrons. The van der Waals surface area contributed by atoms with E-state index in [1.165, 1.54) is 34.3 Å². The van der Waals surface area contributed by atoms with Gasteiger partial charge in [0.2, 0.25) is 5.91 Å². The molecule has 0 saturated carbocycles. The number of aromatic nitrogens is 3. The zero-order chi connectivity index (χ0) is 19.4. The Kier molecular flexibility index (Phi) is 5.60. The lowest BCUT2D eigenvalue weighted by molar-refractivity contribution is -0.113. The molecule has 7 heteroatoms. The first-order valence-corrected chi connectivity index (χ1v) is 9.51. The molecule has 3 aromatic rings. The topological polar surface area (TPSA) is 59.8 Å². The fourth-order valence-corrected chi connectivity index (χ4v) is 3.24. The van der Waals surface area contributed by atoms with Crippen molar-refractivity contribution >= 4 is 23.4 Å². The quantitative estimate of drug-likeness (QED) is 0.661. The summed E-state index contributed by atoms with van der Waals surface area (Å²) in [4.78, 5) is 12.2. The Labute approximate surface area is 162 Å². The molecule has 0 aliphatic rings. The summed E-state index contributed by atoms with van der Waals surface area (Å²) in [7, 11) is 0. The second-order valence-electron chi connectivity index (χ2n) is 7.10. The largest absolute Gasteiger partial charge is 0.325 e. The molecule has 0 bridgehead atoms. The smallest absolute Gasteiger partial charge is 0.234 e. The number of amides is 1. The molecule has 0 saturated heterocycles. The van der Waals surface area contributed by atoms with E-state index in [4.69, 9.17) is 0 Å². The van der Waals surface area contributed by atoms with Gasteiger partial charge in [-0.3, -0.25) is 9.36 Å². The fourth-order valence-electron chi connectivity index (χ4n) is 2.52. The first kappa shape index (κ1) is 19.1. The summed E-state index contributed by atoms with van der Waals surface area (Å²) in [5, 5.41) is 11.1. The van der Waals surface area contributed by atoms with Gasteiger partial charge < -0.3 is 5.32 Å². The zero-order valence-corrected chi connectivity index (χ0v) is 16.3. The third kappa shape index (κ3) is 4.74. The minimum absolute atomic E-state index is 0.0647. The number of para-hydroxylation sites is 1. The Morgan fingerprint density at radius 2 is 1.85 bits per heavy atom. The number of hydrogen-bond donors (Lipinski definition) is 1. The van der Waals surface area contributed by atoms with Crippen LogP contribution in [0.5, 0.6) is 0 Å². The molecular weight excluding hydrogens is 363 g/mol. The Bertz CT molecular complexity index is 932. The summed E-state index contributed by atoms with van der Waals surface area (Å²) in [6.07, 6.45) is 1.43. The monoisotopic (exact) mass is 384 g/mol. The van der Waals surface area contributed by atoms with Crippen LogP contribution in [0.25, 0.3) is 5.69 Å². The Balaban J connectivity index is 1.62. The summed E-state index contributed by atoms with van der Waals surface area (Å²) in [6.45, 7) is 6.43. The van der Waals surface area contributed by atoms with Crippen molar-refractivity contribution in [2.45, 2.75) is 31.3 Å². The van der Waals surface area contributed by atoms with E-state index in [2.05, 4.69) is 36.3 Å². The highest BCUT2D eigenvalue weighted by molar-refractivity contribution is 7.99. The van der Waals surface area contributed by atoms with E-state index in [-0.39, 0.29) is 22.9 Å². The summed E-state index contributed by atoms with van der Waals surface area (Å²) in [6, 6.07) is 14.2. The Morgan fingerprint density at radius 1 is 1.15 bits per heavy atom. The molecule has 5 nitrogen and oxygen atoms in total. The molecule has 0 spiro atoms. The van der Waals surface area contributed by atoms with Gasteiger partial charge >= 0.3 is 0 Å². The van der Waals surface area contributed by atoms with Crippen molar-refractivity contribution in [3.8, 4) is 5.69 Å². The van der Waals surface area contributed by atoms with E-state index in [9.17, 15) is 9.18 Å². The molecular formula is C20H21FN4OS. The van der Waals surface area contributed by atoms with Crippen LogP contribution >= 0.6 is 11.8 Å². The second kappa shape index (κ2) is 7.92. The number of anilines is 1. The molecule has 0 aliphatic heterocycles. The molecule has 1 amide bonds. The average molecular weight is 384 g/mol. The molecule has 1 aromatic heterocycles. The van der Waals surface area contributed by atoms with Crippen molar-refractivity contribution in [3.63, 3.8) is 0 Å². The molecule has 27 heavy (non-hydrogen) atoms. The summed E-state index contributed by atoms with van der Waals surface area (Å²) >= 11 is 1.20. The van der Waals surface area contributed by atoms with Gasteiger partial charge in [0.05, 0.1) is 11.4 Å². The molecule has 1 N–H and O–H groups in total. The van der Waals surface area contributed by atoms with E-state index < -0.39 is 0 Å². The summed E-state index contributed by atoms with van der Waals surface area (Å²) in [5.74, 6) is -0.386. The van der Waals surface area contributed by atoms with Crippen LogP contribution in [0.2, 0.25) is 0 Å². The van der Waals surface area contributed by atoms with Crippen molar-refractivity contribution in [3.05, 3.63) is 66.2 Å². The van der Waals surface area contributed by atoms with Gasteiger partial charge in [0, 0.05) is 5.69 Å². The molecule has 0 aliphatic carbocycles. The van der Waals surface area contributed by atoms with Gasteiger partial charge in [0.1, 0.15) is 12.1 Å². The highest BCUT2D eigenvalue weighted by Crippen LogP contribution is 2.24. The maximum atomic E-state index is 14.0. The lowest BCUT2D eigenvalue weighted by atomic mass is 9.87. The van der Waals surface area contributed by atoms with E-state index in [1.807, 2.05) is 24.3 Å². The van der Waals surface area contributed by atoms with Crippen molar-refractivity contribution in [1.82, 2.24) is 14.8 Å². The van der Waals surface area contributed by atoms with E-state index in [0.29, 0.717) is 10.8 Å². The standard InChI is InChI=1S/C20H21FN4OS/c1-20(2,3)14-8-10-15(11-9-14)23-18(26)12-27-19-24-22-13-25(19)17-7-5-4-6-16(17)21/h4-11,13H,12H2,1-3H3,(H,23,26). The van der Waals surface area contributed by atoms with E-state index >= 15 is 0 Å². The SMILES string of the molecule is CC(C)(C)c1ccc(NC(=O)CSc2nncn2-c2ccccc2F)cc1. The third-order valence-corrected chi connectivity index (χ3v) is 4.94. The fraction of sp³-hybridized carbons (Fsp3) is 0.250. The minimum atomic E-state index is -0.373. The minimum Gasteiger partial charge on any atom is -0.325 e. The van der Waals surface area contributed by atoms with Gasteiger partial charge in [0.15, 0.2) is 5.16 Å². The normalized spacial score (nSPS) is 11.4. The summed E-state index contributed by atoms with van der Waals surface area (Å²) < 4.78 is 15.5. The molecule has 3 rings (SSSR count). The van der Waals surface area contributed by atoms with Crippen LogP contribution in [0, 0.1) is 5.82 Å². The Hall–Kier alpha value is -2.67. The average Bonchev–Trinajstić information content (AvgIpc) is 3.08. The predicted octanol–water partition coefficient (Wildman–Crippen LogP) is 4.43. The van der Waals surface area contributed by atoms with Crippen LogP contribution in [-0.2, 0) is 10.2 Å². The number of benzene rings is 2. The number of thioether (sulfide) groups is 1. The van der Waals surface area contributed by atoms with Crippen LogP contribution in [-0.4, -0.2) is 26.4 Å². The number of nitrogens with one attached hydrogen (secondary N) is 1. The zero-order valence-electron chi connectivity index (χ0n) is 15.4. The van der Waals surface area contributed by atoms with E-state index in [1.54, 1.807) is 18.2 Å². The lowest BCUT2D eigenvalue weighted by Crippen LogP contribution is -2.15. The number of hydrogen-bond acceptors (Lipinski definition) is 4. The Morgan fingerprint density at radius 3 is 2.52 bits per heavy atom. The van der Waals surface area contributed by atoms with Crippen molar-refractivity contribution in [2.24, 2.45) is 0 Å². The molecule has 0 atom stereocenters. The molecule has 1 heterocycles. The van der Waals surface area contributed by atoms with Gasteiger partial charge in [-0.15, -0.1) is 10.2 Å². The summed E-state index contributed by atoms with van der Waals surface area (Å²) in [5.41, 5.74) is 2.36. The number of carbonyl (C=O) groups excluding carboxylic acids is 1. The molecule has 0 radical (unpaired) electrons. The number of carbonyl (C=O) groups is 1. The van der Waals surface area contributed by atoms with Crippen molar-refractivity contribution in [1.29, 1.82) is 0 Å². The van der Waals surface area contributed by atoms with Crippen LogP contribution < -0.4 is 5.32 Å². The van der Waals surface area contributed by atoms with Gasteiger partial charge in [-0.05, 0) is 35.2 Å². The van der Waals surface area contributed by atoms with Crippen LogP contribution in [0.15, 0.2) is 60.0 Å². The lowest BCUT2D eigenvalue weighted by Gasteiger charge is -2.19. The first-order valence-electron chi connectivity index (χ1n) is 8.53. The van der Waals surface area contributed by atoms with Gasteiger partial charge in [-0.2, -0.15) is 0 Å². The first-order chi connectivity index (χ1) is 12.8. The number of halogens is 1. The van der Waals surface area contributed by atoms with E-state index in [0.717, 1.165) is 5.69 Å². The van der Waals surface area contributed by atoms with Crippen molar-refractivity contribution < 1.29 is 9.18 Å². The second-order valence-corrected chi connectivity index (χ2v) is 8.04. The third-order valence-electron chi connectivity index (χ3n) is 4.00. The van der Waals surface area contributed by atoms with Crippen LogP contribution in [0.3, 0.4) is 0 Å². The molecule has 2 aromatic carbocycles. The van der Waals surface area contributed by atoms with Gasteiger partial charge in [0.25, 0.3) is 0 Å². The number of rotatable bonds is 5. The highest BCUT2D eigenvalue weighted by atomic mass is 32.2.